The molecule has 0 unspecified atom stereocenters. The summed E-state index contributed by atoms with van der Waals surface area (Å²) in [6, 6.07) is 7.35. The minimum Gasteiger partial charge on any atom is -0.481 e. The fourth-order valence-electron chi connectivity index (χ4n) is 7.41. The SMILES string of the molecule is CCc1c2c(nc3ccc(C4(C(=O)O)CCC(CNC(=O)OC(C)(C)C)CC4)cc13)-c1cc3c(c(=O)n1C2)COC(=O)[C@]3(O)CC. The Morgan fingerprint density at radius 1 is 1.13 bits per heavy atom. The first kappa shape index (κ1) is 31.7. The number of nitrogens with one attached hydrogen (secondary N) is 1. The minimum absolute atomic E-state index is 0.0645. The Labute approximate surface area is 266 Å². The number of pyridine rings is 2. The number of ether oxygens (including phenoxy) is 2. The van der Waals surface area contributed by atoms with Gasteiger partial charge in [-0.25, -0.2) is 14.6 Å². The predicted molar refractivity (Wildman–Crippen MR) is 169 cm³/mol. The zero-order valence-electron chi connectivity index (χ0n) is 27.0. The molecule has 3 aliphatic rings. The second-order valence-corrected chi connectivity index (χ2v) is 13.8. The van der Waals surface area contributed by atoms with Gasteiger partial charge in [0.25, 0.3) is 5.56 Å². The van der Waals surface area contributed by atoms with Crippen LogP contribution in [0.3, 0.4) is 0 Å². The molecule has 1 saturated carbocycles. The molecule has 4 heterocycles. The van der Waals surface area contributed by atoms with E-state index in [1.54, 1.807) is 17.6 Å². The van der Waals surface area contributed by atoms with E-state index in [-0.39, 0.29) is 42.2 Å². The molecule has 0 spiro atoms. The van der Waals surface area contributed by atoms with Gasteiger partial charge in [-0.05, 0) is 94.5 Å². The van der Waals surface area contributed by atoms with Gasteiger partial charge in [-0.15, -0.1) is 0 Å². The predicted octanol–water partition coefficient (Wildman–Crippen LogP) is 4.68. The standard InChI is InChI=1S/C35H41N3O8/c1-6-21-22-14-20(34(30(40)41)12-10-19(11-13-34)16-36-32(43)46-33(3,4)5)8-9-26(22)37-28-23(21)17-38-27(28)15-25-24(29(38)39)18-45-31(42)35(25,44)7-2/h8-9,14-15,19,44H,6-7,10-13,16-18H2,1-5H3,(H,36,43)(H,40,41)/t19?,34?,35-/m0/s1. The highest BCUT2D eigenvalue weighted by atomic mass is 16.6. The first-order valence-electron chi connectivity index (χ1n) is 16.1. The average molecular weight is 632 g/mol. The van der Waals surface area contributed by atoms with Gasteiger partial charge >= 0.3 is 18.0 Å². The molecule has 244 valence electrons. The van der Waals surface area contributed by atoms with E-state index in [4.69, 9.17) is 14.5 Å². The van der Waals surface area contributed by atoms with Crippen LogP contribution in [0.5, 0.6) is 0 Å². The van der Waals surface area contributed by atoms with Crippen LogP contribution in [-0.4, -0.2) is 49.9 Å². The average Bonchev–Trinajstić information content (AvgIpc) is 3.38. The molecule has 0 bridgehead atoms. The van der Waals surface area contributed by atoms with E-state index in [0.717, 1.165) is 16.5 Å². The maximum absolute atomic E-state index is 13.7. The Morgan fingerprint density at radius 2 is 1.85 bits per heavy atom. The molecule has 0 saturated heterocycles. The smallest absolute Gasteiger partial charge is 0.407 e. The Bertz CT molecular complexity index is 1830. The molecule has 1 aromatic carbocycles. The van der Waals surface area contributed by atoms with Crippen molar-refractivity contribution in [3.63, 3.8) is 0 Å². The van der Waals surface area contributed by atoms with Crippen molar-refractivity contribution in [1.82, 2.24) is 14.9 Å². The topological polar surface area (TPSA) is 157 Å². The van der Waals surface area contributed by atoms with Crippen molar-refractivity contribution in [3.8, 4) is 11.4 Å². The highest BCUT2D eigenvalue weighted by molar-refractivity contribution is 5.91. The molecule has 6 rings (SSSR count). The molecule has 3 aromatic rings. The van der Waals surface area contributed by atoms with Crippen LogP contribution in [0.15, 0.2) is 29.1 Å². The number of carbonyl (C=O) groups excluding carboxylic acids is 2. The van der Waals surface area contributed by atoms with Gasteiger partial charge in [-0.1, -0.05) is 19.9 Å². The second-order valence-electron chi connectivity index (χ2n) is 13.8. The van der Waals surface area contributed by atoms with Crippen LogP contribution < -0.4 is 10.9 Å². The number of benzene rings is 1. The highest BCUT2D eigenvalue weighted by Crippen LogP contribution is 2.45. The lowest BCUT2D eigenvalue weighted by atomic mass is 9.66. The number of carbonyl (C=O) groups is 3. The number of esters is 1. The molecular weight excluding hydrogens is 590 g/mol. The van der Waals surface area contributed by atoms with Crippen molar-refractivity contribution in [3.05, 3.63) is 62.4 Å². The number of carboxylic acid groups (broad SMARTS) is 1. The maximum atomic E-state index is 13.7. The van der Waals surface area contributed by atoms with Crippen molar-refractivity contribution >= 4 is 28.9 Å². The monoisotopic (exact) mass is 631 g/mol. The molecule has 46 heavy (non-hydrogen) atoms. The molecule has 1 atom stereocenters. The van der Waals surface area contributed by atoms with Gasteiger partial charge in [0, 0.05) is 23.1 Å². The van der Waals surface area contributed by atoms with E-state index >= 15 is 0 Å². The number of fused-ring (bicyclic) bond motifs is 5. The van der Waals surface area contributed by atoms with Crippen LogP contribution in [0.1, 0.15) is 94.5 Å². The van der Waals surface area contributed by atoms with Crippen molar-refractivity contribution in [2.75, 3.05) is 6.54 Å². The number of hydrogen-bond donors (Lipinski definition) is 3. The van der Waals surface area contributed by atoms with E-state index in [1.165, 1.54) is 0 Å². The number of rotatable bonds is 6. The summed E-state index contributed by atoms with van der Waals surface area (Å²) in [5, 5.41) is 25.4. The molecule has 1 fully saturated rings. The highest BCUT2D eigenvalue weighted by Gasteiger charge is 2.46. The number of aliphatic carboxylic acids is 1. The number of carboxylic acids is 1. The molecule has 11 heteroatoms. The number of amides is 1. The molecule has 3 N–H and O–H groups in total. The summed E-state index contributed by atoms with van der Waals surface area (Å²) in [6.07, 6.45) is 2.37. The van der Waals surface area contributed by atoms with Crippen LogP contribution in [0.25, 0.3) is 22.3 Å². The fraction of sp³-hybridized carbons (Fsp3) is 0.514. The third kappa shape index (κ3) is 5.05. The summed E-state index contributed by atoms with van der Waals surface area (Å²) in [4.78, 5) is 56.2. The molecule has 1 amide bonds. The first-order chi connectivity index (χ1) is 21.7. The normalized spacial score (nSPS) is 23.7. The molecule has 11 nitrogen and oxygen atoms in total. The third-order valence-corrected chi connectivity index (χ3v) is 10.0. The van der Waals surface area contributed by atoms with Crippen LogP contribution in [-0.2, 0) is 49.7 Å². The van der Waals surface area contributed by atoms with Gasteiger partial charge < -0.3 is 29.6 Å². The largest absolute Gasteiger partial charge is 0.481 e. The Kier molecular flexibility index (Phi) is 7.74. The Balaban J connectivity index is 1.34. The van der Waals surface area contributed by atoms with Gasteiger partial charge in [0.05, 0.1) is 34.4 Å². The van der Waals surface area contributed by atoms with Gasteiger partial charge in [0.2, 0.25) is 0 Å². The summed E-state index contributed by atoms with van der Waals surface area (Å²) in [5.41, 5.74) is 1.07. The van der Waals surface area contributed by atoms with Gasteiger partial charge in [-0.3, -0.25) is 9.59 Å². The van der Waals surface area contributed by atoms with Gasteiger partial charge in [0.1, 0.15) is 12.2 Å². The molecule has 2 aromatic heterocycles. The van der Waals surface area contributed by atoms with Crippen molar-refractivity contribution in [1.29, 1.82) is 0 Å². The number of aromatic nitrogens is 2. The van der Waals surface area contributed by atoms with Crippen molar-refractivity contribution < 1.29 is 34.1 Å². The molecule has 2 aliphatic heterocycles. The first-order valence-corrected chi connectivity index (χ1v) is 16.1. The number of hydrogen-bond acceptors (Lipinski definition) is 8. The van der Waals surface area contributed by atoms with E-state index in [9.17, 15) is 29.4 Å². The lowest BCUT2D eigenvalue weighted by Crippen LogP contribution is -2.44. The zero-order valence-corrected chi connectivity index (χ0v) is 27.0. The number of aryl methyl sites for hydroxylation is 1. The van der Waals surface area contributed by atoms with Crippen LogP contribution in [0, 0.1) is 5.92 Å². The Morgan fingerprint density at radius 3 is 2.48 bits per heavy atom. The second kappa shape index (κ2) is 11.2. The molecule has 1 aliphatic carbocycles. The number of cyclic esters (lactones) is 1. The summed E-state index contributed by atoms with van der Waals surface area (Å²) in [6.45, 7) is 9.63. The van der Waals surface area contributed by atoms with Crippen LogP contribution >= 0.6 is 0 Å². The summed E-state index contributed by atoms with van der Waals surface area (Å²) in [7, 11) is 0. The lowest BCUT2D eigenvalue weighted by Gasteiger charge is -2.37. The summed E-state index contributed by atoms with van der Waals surface area (Å²) in [5.74, 6) is -1.49. The molecular formula is C35H41N3O8. The maximum Gasteiger partial charge on any atom is 0.407 e. The van der Waals surface area contributed by atoms with Gasteiger partial charge in [-0.2, -0.15) is 0 Å². The van der Waals surface area contributed by atoms with E-state index in [0.29, 0.717) is 61.1 Å². The number of alkyl carbamates (subject to hydrolysis) is 1. The van der Waals surface area contributed by atoms with Crippen molar-refractivity contribution in [2.24, 2.45) is 5.92 Å². The van der Waals surface area contributed by atoms with Crippen molar-refractivity contribution in [2.45, 2.75) is 103 Å². The van der Waals surface area contributed by atoms with Crippen LogP contribution in [0.2, 0.25) is 0 Å². The quantitative estimate of drug-likeness (QED) is 0.257. The summed E-state index contributed by atoms with van der Waals surface area (Å²) >= 11 is 0. The third-order valence-electron chi connectivity index (χ3n) is 10.0. The lowest BCUT2D eigenvalue weighted by molar-refractivity contribution is -0.172. The number of nitrogens with zero attached hydrogens (tertiary/aromatic N) is 2. The fourth-order valence-corrected chi connectivity index (χ4v) is 7.41. The van der Waals surface area contributed by atoms with E-state index in [1.807, 2.05) is 45.9 Å². The van der Waals surface area contributed by atoms with Crippen LogP contribution in [0.4, 0.5) is 4.79 Å². The molecule has 0 radical (unpaired) electrons. The zero-order chi connectivity index (χ0) is 33.2. The van der Waals surface area contributed by atoms with E-state index in [2.05, 4.69) is 5.32 Å². The minimum atomic E-state index is -1.90. The number of aliphatic hydroxyl groups is 1. The van der Waals surface area contributed by atoms with E-state index < -0.39 is 34.6 Å². The Hall–Kier alpha value is -4.25. The summed E-state index contributed by atoms with van der Waals surface area (Å²) < 4.78 is 12.2. The van der Waals surface area contributed by atoms with Gasteiger partial charge in [0.15, 0.2) is 5.60 Å².